The summed E-state index contributed by atoms with van der Waals surface area (Å²) in [6.07, 6.45) is -0.00444. The van der Waals surface area contributed by atoms with Crippen LogP contribution in [0.3, 0.4) is 0 Å². The fraction of sp³-hybridized carbons (Fsp3) is 0.464. The maximum Gasteiger partial charge on any atom is 0.337 e. The van der Waals surface area contributed by atoms with E-state index in [9.17, 15) is 14.4 Å². The molecule has 0 aliphatic carbocycles. The first kappa shape index (κ1) is 27.9. The number of carbonyl (C=O) groups is 3. The summed E-state index contributed by atoms with van der Waals surface area (Å²) >= 11 is 0. The van der Waals surface area contributed by atoms with Gasteiger partial charge in [0.1, 0.15) is 23.6 Å². The molecule has 0 aliphatic rings. The molecule has 0 radical (unpaired) electrons. The van der Waals surface area contributed by atoms with E-state index >= 15 is 0 Å². The van der Waals surface area contributed by atoms with Gasteiger partial charge >= 0.3 is 17.9 Å². The highest BCUT2D eigenvalue weighted by Crippen LogP contribution is 2.25. The lowest BCUT2D eigenvalue weighted by Crippen LogP contribution is -2.33. The summed E-state index contributed by atoms with van der Waals surface area (Å²) in [6.45, 7) is 10.9. The molecule has 7 heteroatoms. The minimum Gasteiger partial charge on any atom is -0.489 e. The van der Waals surface area contributed by atoms with E-state index in [4.69, 9.17) is 18.9 Å². The maximum atomic E-state index is 13.0. The number of carbonyl (C=O) groups excluding carboxylic acids is 3. The van der Waals surface area contributed by atoms with Crippen molar-refractivity contribution in [1.82, 2.24) is 0 Å². The SMILES string of the molecule is COC(=O)c1cc(C[C@@H](CC(=O)OC(C)(C)C)C(=O)OC(C)(C)C)cc(OCc2ccccc2)c1. The van der Waals surface area contributed by atoms with Crippen LogP contribution in [-0.4, -0.2) is 36.2 Å². The molecule has 0 bridgehead atoms. The molecule has 2 aromatic rings. The van der Waals surface area contributed by atoms with Crippen LogP contribution in [0.5, 0.6) is 5.75 Å². The topological polar surface area (TPSA) is 88.1 Å². The Balaban J connectivity index is 2.32. The largest absolute Gasteiger partial charge is 0.489 e. The van der Waals surface area contributed by atoms with E-state index in [0.29, 0.717) is 17.9 Å². The van der Waals surface area contributed by atoms with Crippen molar-refractivity contribution in [1.29, 1.82) is 0 Å². The normalized spacial score (nSPS) is 12.4. The van der Waals surface area contributed by atoms with E-state index in [1.165, 1.54) is 7.11 Å². The smallest absolute Gasteiger partial charge is 0.337 e. The van der Waals surface area contributed by atoms with Gasteiger partial charge in [0.2, 0.25) is 0 Å². The molecule has 0 saturated carbocycles. The lowest BCUT2D eigenvalue weighted by molar-refractivity contribution is -0.167. The molecule has 35 heavy (non-hydrogen) atoms. The van der Waals surface area contributed by atoms with Gasteiger partial charge in [0, 0.05) is 0 Å². The van der Waals surface area contributed by atoms with Crippen molar-refractivity contribution in [3.63, 3.8) is 0 Å². The Morgan fingerprint density at radius 3 is 2.03 bits per heavy atom. The summed E-state index contributed by atoms with van der Waals surface area (Å²) < 4.78 is 21.8. The van der Waals surface area contributed by atoms with Crippen molar-refractivity contribution in [3.05, 3.63) is 65.2 Å². The monoisotopic (exact) mass is 484 g/mol. The van der Waals surface area contributed by atoms with Gasteiger partial charge in [-0.05, 0) is 77.3 Å². The van der Waals surface area contributed by atoms with Crippen LogP contribution < -0.4 is 4.74 Å². The van der Waals surface area contributed by atoms with Gasteiger partial charge < -0.3 is 18.9 Å². The average molecular weight is 485 g/mol. The van der Waals surface area contributed by atoms with Gasteiger partial charge in [-0.15, -0.1) is 0 Å². The van der Waals surface area contributed by atoms with Gasteiger partial charge in [-0.25, -0.2) is 4.79 Å². The van der Waals surface area contributed by atoms with Gasteiger partial charge in [-0.3, -0.25) is 9.59 Å². The second kappa shape index (κ2) is 11.9. The van der Waals surface area contributed by atoms with Crippen LogP contribution in [0.1, 0.15) is 69.4 Å². The Kier molecular flexibility index (Phi) is 9.46. The molecule has 0 fully saturated rings. The third-order valence-electron chi connectivity index (χ3n) is 4.69. The van der Waals surface area contributed by atoms with Crippen LogP contribution in [0.2, 0.25) is 0 Å². The van der Waals surface area contributed by atoms with Crippen molar-refractivity contribution >= 4 is 17.9 Å². The first-order valence-electron chi connectivity index (χ1n) is 11.6. The molecule has 0 heterocycles. The number of esters is 3. The van der Waals surface area contributed by atoms with Crippen molar-refractivity contribution in [2.45, 2.75) is 72.2 Å². The minimum atomic E-state index is -0.807. The van der Waals surface area contributed by atoms with Gasteiger partial charge in [0.25, 0.3) is 0 Å². The Morgan fingerprint density at radius 1 is 0.829 bits per heavy atom. The second-order valence-electron chi connectivity index (χ2n) is 10.4. The third-order valence-corrected chi connectivity index (χ3v) is 4.69. The molecule has 0 aliphatic heterocycles. The molecule has 0 N–H and O–H groups in total. The van der Waals surface area contributed by atoms with Gasteiger partial charge in [-0.2, -0.15) is 0 Å². The molecule has 7 nitrogen and oxygen atoms in total. The van der Waals surface area contributed by atoms with Gasteiger partial charge in [0.15, 0.2) is 0 Å². The molecule has 0 aromatic heterocycles. The van der Waals surface area contributed by atoms with Crippen LogP contribution in [-0.2, 0) is 36.8 Å². The molecule has 2 rings (SSSR count). The molecule has 0 unspecified atom stereocenters. The molecule has 190 valence electrons. The zero-order valence-electron chi connectivity index (χ0n) is 21.7. The van der Waals surface area contributed by atoms with Crippen molar-refractivity contribution in [2.24, 2.45) is 5.92 Å². The predicted molar refractivity (Wildman–Crippen MR) is 132 cm³/mol. The third kappa shape index (κ3) is 10.2. The van der Waals surface area contributed by atoms with E-state index in [1.807, 2.05) is 30.3 Å². The number of methoxy groups -OCH3 is 1. The Bertz CT molecular complexity index is 1010. The molecule has 1 atom stereocenters. The van der Waals surface area contributed by atoms with Crippen LogP contribution in [0.4, 0.5) is 0 Å². The summed E-state index contributed by atoms with van der Waals surface area (Å²) in [5, 5.41) is 0. The van der Waals surface area contributed by atoms with E-state index in [0.717, 1.165) is 5.56 Å². The highest BCUT2D eigenvalue weighted by atomic mass is 16.6. The van der Waals surface area contributed by atoms with E-state index in [2.05, 4.69) is 0 Å². The van der Waals surface area contributed by atoms with Crippen molar-refractivity contribution in [3.8, 4) is 5.75 Å². The Hall–Kier alpha value is -3.35. The fourth-order valence-corrected chi connectivity index (χ4v) is 3.33. The maximum absolute atomic E-state index is 13.0. The van der Waals surface area contributed by atoms with E-state index in [-0.39, 0.29) is 18.4 Å². The highest BCUT2D eigenvalue weighted by molar-refractivity contribution is 5.90. The van der Waals surface area contributed by atoms with Crippen molar-refractivity contribution < 1.29 is 33.3 Å². The number of hydrogen-bond donors (Lipinski definition) is 0. The zero-order chi connectivity index (χ0) is 26.2. The Morgan fingerprint density at radius 2 is 1.46 bits per heavy atom. The van der Waals surface area contributed by atoms with E-state index in [1.54, 1.807) is 59.7 Å². The molecular weight excluding hydrogens is 448 g/mol. The van der Waals surface area contributed by atoms with Crippen LogP contribution in [0.15, 0.2) is 48.5 Å². The minimum absolute atomic E-state index is 0.153. The predicted octanol–water partition coefficient (Wildman–Crippen LogP) is 5.28. The highest BCUT2D eigenvalue weighted by Gasteiger charge is 2.30. The molecule has 0 spiro atoms. The summed E-state index contributed by atoms with van der Waals surface area (Å²) in [7, 11) is 1.30. The Labute approximate surface area is 207 Å². The molecule has 0 amide bonds. The lowest BCUT2D eigenvalue weighted by Gasteiger charge is -2.25. The summed E-state index contributed by atoms with van der Waals surface area (Å²) in [5.74, 6) is -1.90. The summed E-state index contributed by atoms with van der Waals surface area (Å²) in [5.41, 5.74) is 0.484. The summed E-state index contributed by atoms with van der Waals surface area (Å²) in [6, 6.07) is 14.6. The number of hydrogen-bond acceptors (Lipinski definition) is 7. The second-order valence-corrected chi connectivity index (χ2v) is 10.4. The molecular formula is C28H36O7. The molecule has 2 aromatic carbocycles. The number of benzene rings is 2. The van der Waals surface area contributed by atoms with Gasteiger partial charge in [-0.1, -0.05) is 30.3 Å². The van der Waals surface area contributed by atoms with Gasteiger partial charge in [0.05, 0.1) is 25.0 Å². The first-order valence-corrected chi connectivity index (χ1v) is 11.6. The zero-order valence-corrected chi connectivity index (χ0v) is 21.7. The quantitative estimate of drug-likeness (QED) is 0.353. The van der Waals surface area contributed by atoms with Crippen LogP contribution >= 0.6 is 0 Å². The average Bonchev–Trinajstić information content (AvgIpc) is 2.75. The van der Waals surface area contributed by atoms with E-state index < -0.39 is 35.0 Å². The number of rotatable bonds is 9. The number of ether oxygens (including phenoxy) is 4. The van der Waals surface area contributed by atoms with Crippen LogP contribution in [0, 0.1) is 5.92 Å². The first-order chi connectivity index (χ1) is 16.3. The molecule has 0 saturated heterocycles. The summed E-state index contributed by atoms with van der Waals surface area (Å²) in [4.78, 5) is 37.8. The fourth-order valence-electron chi connectivity index (χ4n) is 3.33. The van der Waals surface area contributed by atoms with Crippen LogP contribution in [0.25, 0.3) is 0 Å². The lowest BCUT2D eigenvalue weighted by atomic mass is 9.94. The standard InChI is InChI=1S/C28H36O7/c1-27(2,3)34-24(29)17-22(26(31)35-28(4,5)6)14-20-13-21(25(30)32-7)16-23(15-20)33-18-19-11-9-8-10-12-19/h8-13,15-16,22H,14,17-18H2,1-7H3/t22-/m0/s1. The van der Waals surface area contributed by atoms with Crippen molar-refractivity contribution in [2.75, 3.05) is 7.11 Å².